The minimum absolute atomic E-state index is 0.594. The number of alkyl halides is 3. The average Bonchev–Trinajstić information content (AvgIpc) is 2.49. The molecule has 0 aliphatic heterocycles. The zero-order valence-electron chi connectivity index (χ0n) is 14.6. The van der Waals surface area contributed by atoms with Gasteiger partial charge in [0.05, 0.1) is 5.56 Å². The summed E-state index contributed by atoms with van der Waals surface area (Å²) in [6, 6.07) is 5.05. The molecule has 1 rings (SSSR count). The lowest BCUT2D eigenvalue weighted by molar-refractivity contribution is -0.137. The van der Waals surface area contributed by atoms with Gasteiger partial charge in [0, 0.05) is 0 Å². The third-order valence-electron chi connectivity index (χ3n) is 1.90. The van der Waals surface area contributed by atoms with Gasteiger partial charge in [-0.3, -0.25) is 0 Å². The number of halogens is 3. The summed E-state index contributed by atoms with van der Waals surface area (Å²) in [4.78, 5) is 0. The Labute approximate surface area is 134 Å². The van der Waals surface area contributed by atoms with E-state index in [1.54, 1.807) is 13.0 Å². The summed E-state index contributed by atoms with van der Waals surface area (Å²) < 4.78 is 35.8. The first-order valence-corrected chi connectivity index (χ1v) is 7.36. The second-order valence-electron chi connectivity index (χ2n) is 3.80. The van der Waals surface area contributed by atoms with Gasteiger partial charge in [0.2, 0.25) is 0 Å². The first-order valence-electron chi connectivity index (χ1n) is 7.36. The highest BCUT2D eigenvalue weighted by Crippen LogP contribution is 2.28. The van der Waals surface area contributed by atoms with Crippen LogP contribution in [0.15, 0.2) is 61.2 Å². The first kappa shape index (κ1) is 25.2. The van der Waals surface area contributed by atoms with Crippen LogP contribution in [0.3, 0.4) is 0 Å². The van der Waals surface area contributed by atoms with Gasteiger partial charge in [0.1, 0.15) is 0 Å². The van der Waals surface area contributed by atoms with Gasteiger partial charge in [0.15, 0.2) is 0 Å². The number of benzene rings is 1. The second-order valence-corrected chi connectivity index (χ2v) is 3.80. The Morgan fingerprint density at radius 2 is 1.41 bits per heavy atom. The topological polar surface area (TPSA) is 0 Å². The van der Waals surface area contributed by atoms with Crippen molar-refractivity contribution in [2.75, 3.05) is 0 Å². The molecule has 0 nitrogen and oxygen atoms in total. The van der Waals surface area contributed by atoms with E-state index >= 15 is 0 Å². The zero-order chi connectivity index (χ0) is 18.2. The van der Waals surface area contributed by atoms with Crippen molar-refractivity contribution >= 4 is 0 Å². The van der Waals surface area contributed by atoms with Gasteiger partial charge in [-0.1, -0.05) is 82.4 Å². The van der Waals surface area contributed by atoms with Crippen LogP contribution in [0.5, 0.6) is 0 Å². The highest BCUT2D eigenvalue weighted by atomic mass is 19.4. The van der Waals surface area contributed by atoms with E-state index in [-0.39, 0.29) is 0 Å². The fourth-order valence-corrected chi connectivity index (χ4v) is 0.975. The summed E-state index contributed by atoms with van der Waals surface area (Å²) >= 11 is 0. The van der Waals surface area contributed by atoms with Crippen LogP contribution >= 0.6 is 0 Å². The Balaban J connectivity index is -0.000000285. The molecular weight excluding hydrogens is 285 g/mol. The molecule has 3 heteroatoms. The van der Waals surface area contributed by atoms with E-state index in [2.05, 4.69) is 13.2 Å². The maximum absolute atomic E-state index is 11.9. The monoisotopic (exact) mass is 314 g/mol. The summed E-state index contributed by atoms with van der Waals surface area (Å²) in [7, 11) is 0. The molecule has 0 unspecified atom stereocenters. The van der Waals surface area contributed by atoms with Crippen LogP contribution in [-0.2, 0) is 6.18 Å². The van der Waals surface area contributed by atoms with Gasteiger partial charge in [-0.15, -0.1) is 0 Å². The van der Waals surface area contributed by atoms with E-state index in [0.717, 1.165) is 23.3 Å². The quantitative estimate of drug-likeness (QED) is 0.500. The molecule has 0 saturated heterocycles. The molecule has 0 aliphatic rings. The predicted molar refractivity (Wildman–Crippen MR) is 93.0 cm³/mol. The summed E-state index contributed by atoms with van der Waals surface area (Å²) in [5.74, 6) is 0. The minimum atomic E-state index is -4.21. The lowest BCUT2D eigenvalue weighted by atomic mass is 10.1. The minimum Gasteiger partial charge on any atom is -0.166 e. The number of rotatable bonds is 2. The van der Waals surface area contributed by atoms with Crippen molar-refractivity contribution in [1.82, 2.24) is 0 Å². The Hall–Kier alpha value is -1.77. The van der Waals surface area contributed by atoms with Gasteiger partial charge in [-0.05, 0) is 26.0 Å². The van der Waals surface area contributed by atoms with Gasteiger partial charge >= 0.3 is 6.18 Å². The molecule has 0 heterocycles. The Kier molecular flexibility index (Phi) is 17.9. The smallest absolute Gasteiger partial charge is 0.166 e. The lowest BCUT2D eigenvalue weighted by Crippen LogP contribution is -2.03. The Morgan fingerprint density at radius 1 is 1.00 bits per heavy atom. The van der Waals surface area contributed by atoms with E-state index < -0.39 is 11.7 Å². The normalized spacial score (nSPS) is 9.32. The fraction of sp³-hybridized carbons (Fsp3) is 0.368. The third kappa shape index (κ3) is 16.3. The number of aryl methyl sites for hydroxylation is 1. The predicted octanol–water partition coefficient (Wildman–Crippen LogP) is 7.37. The summed E-state index contributed by atoms with van der Waals surface area (Å²) in [6.45, 7) is 18.9. The molecule has 0 aliphatic carbocycles. The molecule has 0 fully saturated rings. The summed E-state index contributed by atoms with van der Waals surface area (Å²) in [5.41, 5.74) is 1.29. The van der Waals surface area contributed by atoms with Gasteiger partial charge < -0.3 is 0 Å². The van der Waals surface area contributed by atoms with Crippen LogP contribution < -0.4 is 0 Å². The molecule has 0 bridgehead atoms. The van der Waals surface area contributed by atoms with Gasteiger partial charge in [0.25, 0.3) is 0 Å². The van der Waals surface area contributed by atoms with Crippen LogP contribution in [0.2, 0.25) is 0 Å². The molecule has 0 aromatic heterocycles. The van der Waals surface area contributed by atoms with Crippen LogP contribution in [-0.4, -0.2) is 0 Å². The van der Waals surface area contributed by atoms with Crippen molar-refractivity contribution in [2.24, 2.45) is 0 Å². The van der Waals surface area contributed by atoms with Gasteiger partial charge in [-0.25, -0.2) is 0 Å². The number of allylic oxidation sites excluding steroid dienone is 4. The molecule has 22 heavy (non-hydrogen) atoms. The van der Waals surface area contributed by atoms with E-state index in [1.165, 1.54) is 12.1 Å². The van der Waals surface area contributed by atoms with E-state index in [9.17, 15) is 13.2 Å². The average molecular weight is 314 g/mol. The SMILES string of the molecule is C=C/C=C\C(=C)C.CC.CC.Cc1ccc(C(F)(F)F)cc1. The first-order chi connectivity index (χ1) is 10.3. The molecule has 126 valence electrons. The number of hydrogen-bond donors (Lipinski definition) is 0. The molecule has 0 amide bonds. The Bertz CT molecular complexity index is 409. The Morgan fingerprint density at radius 3 is 1.64 bits per heavy atom. The molecule has 1 aromatic carbocycles. The molecule has 1 aromatic rings. The largest absolute Gasteiger partial charge is 0.416 e. The van der Waals surface area contributed by atoms with Crippen LogP contribution in [0, 0.1) is 6.92 Å². The third-order valence-corrected chi connectivity index (χ3v) is 1.90. The van der Waals surface area contributed by atoms with Gasteiger partial charge in [-0.2, -0.15) is 13.2 Å². The van der Waals surface area contributed by atoms with Crippen LogP contribution in [0.1, 0.15) is 45.7 Å². The molecule has 0 radical (unpaired) electrons. The second kappa shape index (κ2) is 15.6. The van der Waals surface area contributed by atoms with Crippen molar-refractivity contribution in [1.29, 1.82) is 0 Å². The van der Waals surface area contributed by atoms with E-state index in [1.807, 2.05) is 46.8 Å². The maximum atomic E-state index is 11.9. The highest BCUT2D eigenvalue weighted by Gasteiger charge is 2.29. The summed E-state index contributed by atoms with van der Waals surface area (Å²) in [6.07, 6.45) is 1.29. The molecule has 0 atom stereocenters. The maximum Gasteiger partial charge on any atom is 0.416 e. The van der Waals surface area contributed by atoms with Crippen molar-refractivity contribution < 1.29 is 13.2 Å². The lowest BCUT2D eigenvalue weighted by Gasteiger charge is -2.05. The summed E-state index contributed by atoms with van der Waals surface area (Å²) in [5, 5.41) is 0. The molecule has 0 spiro atoms. The van der Waals surface area contributed by atoms with Crippen molar-refractivity contribution in [3.8, 4) is 0 Å². The van der Waals surface area contributed by atoms with Crippen molar-refractivity contribution in [2.45, 2.75) is 47.7 Å². The van der Waals surface area contributed by atoms with Crippen molar-refractivity contribution in [3.63, 3.8) is 0 Å². The van der Waals surface area contributed by atoms with Crippen LogP contribution in [0.4, 0.5) is 13.2 Å². The van der Waals surface area contributed by atoms with E-state index in [0.29, 0.717) is 0 Å². The molecule has 0 N–H and O–H groups in total. The van der Waals surface area contributed by atoms with Crippen molar-refractivity contribution in [3.05, 3.63) is 72.4 Å². The number of hydrogen-bond acceptors (Lipinski definition) is 0. The standard InChI is InChI=1S/C8H7F3.C7H10.2C2H6/c1-6-2-4-7(5-3-6)8(9,10)11;1-4-5-6-7(2)3;2*1-2/h2-5H,1H3;4-6H,1-2H2,3H3;2*1-2H3/b;6-5-;;. The fourth-order valence-electron chi connectivity index (χ4n) is 0.975. The van der Waals surface area contributed by atoms with Crippen LogP contribution in [0.25, 0.3) is 0 Å². The molecule has 0 saturated carbocycles. The highest BCUT2D eigenvalue weighted by molar-refractivity contribution is 5.23. The van der Waals surface area contributed by atoms with E-state index in [4.69, 9.17) is 0 Å². The zero-order valence-corrected chi connectivity index (χ0v) is 14.6. The molecular formula is C19H29F3.